The molecule has 0 heterocycles. The van der Waals surface area contributed by atoms with E-state index < -0.39 is 11.7 Å². The number of benzene rings is 2. The number of hydrogen-bond acceptors (Lipinski definition) is 4. The van der Waals surface area contributed by atoms with Gasteiger partial charge >= 0.3 is 6.09 Å². The molecule has 0 radical (unpaired) electrons. The lowest BCUT2D eigenvalue weighted by atomic mass is 10.2. The zero-order valence-corrected chi connectivity index (χ0v) is 17.7. The number of ether oxygens (including phenoxy) is 1. The van der Waals surface area contributed by atoms with Crippen LogP contribution in [0.15, 0.2) is 54.6 Å². The molecule has 0 spiro atoms. The normalized spacial score (nSPS) is 11.1. The van der Waals surface area contributed by atoms with E-state index in [1.807, 2.05) is 0 Å². The summed E-state index contributed by atoms with van der Waals surface area (Å²) in [5.41, 5.74) is 1.35. The molecule has 0 unspecified atom stereocenters. The van der Waals surface area contributed by atoms with Gasteiger partial charge in [0.05, 0.1) is 0 Å². The molecule has 164 valence electrons. The van der Waals surface area contributed by atoms with E-state index >= 15 is 0 Å². The summed E-state index contributed by atoms with van der Waals surface area (Å²) in [7, 11) is 0. The van der Waals surface area contributed by atoms with Crippen molar-refractivity contribution in [3.63, 3.8) is 0 Å². The van der Waals surface area contributed by atoms with Gasteiger partial charge in [-0.05, 0) is 62.2 Å². The van der Waals surface area contributed by atoms with E-state index in [4.69, 9.17) is 4.74 Å². The minimum absolute atomic E-state index is 0.194. The Kier molecular flexibility index (Phi) is 8.31. The standard InChI is InChI=1S/C23H26FN3O4/c1-23(2,3)31-22(30)26-15-21(29)25-14-17-7-10-19(11-8-17)27-20(28)12-9-16-5-4-6-18(24)13-16/h4-13H,14-15H2,1-3H3,(H,25,29)(H,26,30)(H,27,28)/b12-9+. The van der Waals surface area contributed by atoms with Crippen molar-refractivity contribution in [3.05, 3.63) is 71.6 Å². The highest BCUT2D eigenvalue weighted by atomic mass is 19.1. The first kappa shape index (κ1) is 23.6. The van der Waals surface area contributed by atoms with Crippen LogP contribution in [-0.4, -0.2) is 30.1 Å². The maximum atomic E-state index is 13.1. The molecular formula is C23H26FN3O4. The molecule has 7 nitrogen and oxygen atoms in total. The van der Waals surface area contributed by atoms with E-state index in [2.05, 4.69) is 16.0 Å². The molecule has 0 aromatic heterocycles. The summed E-state index contributed by atoms with van der Waals surface area (Å²) in [6.07, 6.45) is 2.18. The van der Waals surface area contributed by atoms with Gasteiger partial charge in [0, 0.05) is 18.3 Å². The first-order valence-corrected chi connectivity index (χ1v) is 9.68. The van der Waals surface area contributed by atoms with Gasteiger partial charge in [-0.1, -0.05) is 24.3 Å². The number of nitrogens with one attached hydrogen (secondary N) is 3. The molecule has 8 heteroatoms. The van der Waals surface area contributed by atoms with Crippen molar-refractivity contribution >= 4 is 29.7 Å². The maximum Gasteiger partial charge on any atom is 0.408 e. The first-order valence-electron chi connectivity index (χ1n) is 9.68. The minimum Gasteiger partial charge on any atom is -0.444 e. The van der Waals surface area contributed by atoms with Crippen molar-refractivity contribution in [2.24, 2.45) is 0 Å². The molecule has 3 N–H and O–H groups in total. The Morgan fingerprint density at radius 2 is 1.74 bits per heavy atom. The maximum absolute atomic E-state index is 13.1. The van der Waals surface area contributed by atoms with E-state index in [0.717, 1.165) is 5.56 Å². The highest BCUT2D eigenvalue weighted by Crippen LogP contribution is 2.11. The Bertz CT molecular complexity index is 950. The van der Waals surface area contributed by atoms with Crippen LogP contribution in [0.3, 0.4) is 0 Å². The van der Waals surface area contributed by atoms with Crippen LogP contribution in [0.25, 0.3) is 6.08 Å². The Labute approximate surface area is 180 Å². The first-order chi connectivity index (χ1) is 14.6. The third kappa shape index (κ3) is 9.58. The summed E-state index contributed by atoms with van der Waals surface area (Å²) in [5.74, 6) is -1.07. The fourth-order valence-electron chi connectivity index (χ4n) is 2.40. The van der Waals surface area contributed by atoms with Gasteiger partial charge in [0.25, 0.3) is 0 Å². The van der Waals surface area contributed by atoms with E-state index in [1.165, 1.54) is 24.3 Å². The Morgan fingerprint density at radius 3 is 2.39 bits per heavy atom. The number of alkyl carbamates (subject to hydrolysis) is 1. The second-order valence-corrected chi connectivity index (χ2v) is 7.71. The molecule has 0 fully saturated rings. The summed E-state index contributed by atoms with van der Waals surface area (Å²) in [6, 6.07) is 12.8. The minimum atomic E-state index is -0.658. The van der Waals surface area contributed by atoms with Crippen LogP contribution < -0.4 is 16.0 Å². The van der Waals surface area contributed by atoms with E-state index in [-0.39, 0.29) is 30.7 Å². The van der Waals surface area contributed by atoms with Crippen LogP contribution in [0.4, 0.5) is 14.9 Å². The highest BCUT2D eigenvalue weighted by Gasteiger charge is 2.16. The number of halogens is 1. The van der Waals surface area contributed by atoms with Gasteiger partial charge in [-0.2, -0.15) is 0 Å². The summed E-state index contributed by atoms with van der Waals surface area (Å²) in [6.45, 7) is 5.28. The summed E-state index contributed by atoms with van der Waals surface area (Å²) in [5, 5.41) is 7.77. The number of amides is 3. The highest BCUT2D eigenvalue weighted by molar-refractivity contribution is 6.01. The van der Waals surface area contributed by atoms with Crippen LogP contribution in [0, 0.1) is 5.82 Å². The fraction of sp³-hybridized carbons (Fsp3) is 0.261. The van der Waals surface area contributed by atoms with Gasteiger partial charge in [-0.25, -0.2) is 9.18 Å². The Morgan fingerprint density at radius 1 is 1.03 bits per heavy atom. The molecule has 0 aliphatic carbocycles. The van der Waals surface area contributed by atoms with E-state index in [9.17, 15) is 18.8 Å². The lowest BCUT2D eigenvalue weighted by Gasteiger charge is -2.19. The zero-order valence-electron chi connectivity index (χ0n) is 17.7. The van der Waals surface area contributed by atoms with Crippen molar-refractivity contribution in [2.45, 2.75) is 32.9 Å². The largest absolute Gasteiger partial charge is 0.444 e. The monoisotopic (exact) mass is 427 g/mol. The fourth-order valence-corrected chi connectivity index (χ4v) is 2.40. The third-order valence-electron chi connectivity index (χ3n) is 3.78. The smallest absolute Gasteiger partial charge is 0.408 e. The lowest BCUT2D eigenvalue weighted by Crippen LogP contribution is -2.39. The Balaban J connectivity index is 1.75. The van der Waals surface area contributed by atoms with Crippen molar-refractivity contribution in [2.75, 3.05) is 11.9 Å². The molecule has 0 bridgehead atoms. The third-order valence-corrected chi connectivity index (χ3v) is 3.78. The molecule has 31 heavy (non-hydrogen) atoms. The predicted octanol–water partition coefficient (Wildman–Crippen LogP) is 3.62. The number of hydrogen-bond donors (Lipinski definition) is 3. The number of anilines is 1. The van der Waals surface area contributed by atoms with Gasteiger partial charge in [-0.3, -0.25) is 9.59 Å². The molecular weight excluding hydrogens is 401 g/mol. The quantitative estimate of drug-likeness (QED) is 0.588. The van der Waals surface area contributed by atoms with Gasteiger partial charge in [0.15, 0.2) is 0 Å². The van der Waals surface area contributed by atoms with Crippen molar-refractivity contribution < 1.29 is 23.5 Å². The van der Waals surface area contributed by atoms with Crippen LogP contribution >= 0.6 is 0 Å². The molecule has 0 saturated heterocycles. The van der Waals surface area contributed by atoms with Gasteiger partial charge < -0.3 is 20.7 Å². The van der Waals surface area contributed by atoms with Gasteiger partial charge in [0.1, 0.15) is 18.0 Å². The van der Waals surface area contributed by atoms with Gasteiger partial charge in [0.2, 0.25) is 11.8 Å². The lowest BCUT2D eigenvalue weighted by molar-refractivity contribution is -0.120. The molecule has 0 saturated carbocycles. The van der Waals surface area contributed by atoms with E-state index in [1.54, 1.807) is 57.2 Å². The summed E-state index contributed by atoms with van der Waals surface area (Å²) in [4.78, 5) is 35.4. The van der Waals surface area contributed by atoms with Crippen molar-refractivity contribution in [1.29, 1.82) is 0 Å². The Hall–Kier alpha value is -3.68. The topological polar surface area (TPSA) is 96.5 Å². The van der Waals surface area contributed by atoms with Crippen LogP contribution in [0.1, 0.15) is 31.9 Å². The van der Waals surface area contributed by atoms with Crippen LogP contribution in [-0.2, 0) is 20.9 Å². The number of rotatable bonds is 7. The molecule has 3 amide bonds. The van der Waals surface area contributed by atoms with Gasteiger partial charge in [-0.15, -0.1) is 0 Å². The molecule has 2 aromatic rings. The van der Waals surface area contributed by atoms with Crippen LogP contribution in [0.5, 0.6) is 0 Å². The second-order valence-electron chi connectivity index (χ2n) is 7.71. The van der Waals surface area contributed by atoms with Crippen molar-refractivity contribution in [3.8, 4) is 0 Å². The second kappa shape index (κ2) is 10.9. The average Bonchev–Trinajstić information content (AvgIpc) is 2.69. The molecule has 0 aliphatic rings. The van der Waals surface area contributed by atoms with E-state index in [0.29, 0.717) is 11.3 Å². The number of carbonyl (C=O) groups excluding carboxylic acids is 3. The van der Waals surface area contributed by atoms with Crippen molar-refractivity contribution in [1.82, 2.24) is 10.6 Å². The summed E-state index contributed by atoms with van der Waals surface area (Å²) < 4.78 is 18.2. The number of carbonyl (C=O) groups is 3. The predicted molar refractivity (Wildman–Crippen MR) is 117 cm³/mol. The molecule has 0 atom stereocenters. The molecule has 2 rings (SSSR count). The molecule has 2 aromatic carbocycles. The molecule has 0 aliphatic heterocycles. The average molecular weight is 427 g/mol. The summed E-state index contributed by atoms with van der Waals surface area (Å²) >= 11 is 0. The van der Waals surface area contributed by atoms with Crippen LogP contribution in [0.2, 0.25) is 0 Å². The zero-order chi connectivity index (χ0) is 22.9. The SMILES string of the molecule is CC(C)(C)OC(=O)NCC(=O)NCc1ccc(NC(=O)/C=C/c2cccc(F)c2)cc1.